The van der Waals surface area contributed by atoms with Gasteiger partial charge in [0.15, 0.2) is 0 Å². The summed E-state index contributed by atoms with van der Waals surface area (Å²) in [7, 11) is 0. The zero-order valence-corrected chi connectivity index (χ0v) is 28.3. The van der Waals surface area contributed by atoms with Crippen LogP contribution in [0.1, 0.15) is 23.6 Å². The minimum Gasteiger partial charge on any atom is -0.490 e. The maximum Gasteiger partial charge on any atom is 0.405 e. The monoisotopic (exact) mass is 719 g/mol. The van der Waals surface area contributed by atoms with Crippen molar-refractivity contribution in [2.45, 2.75) is 47.9 Å². The summed E-state index contributed by atoms with van der Waals surface area (Å²) < 4.78 is 45.2. The summed E-state index contributed by atoms with van der Waals surface area (Å²) in [4.78, 5) is 36.2. The number of β-amino-alcohol motifs (C(OH)–C–C–N with tert-alkyl or cyclic N) is 1. The molecule has 0 radical (unpaired) electrons. The summed E-state index contributed by atoms with van der Waals surface area (Å²) in [5.41, 5.74) is 1.42. The smallest absolute Gasteiger partial charge is 0.405 e. The van der Waals surface area contributed by atoms with E-state index in [0.29, 0.717) is 41.4 Å². The number of hydrogen-bond acceptors (Lipinski definition) is 10. The van der Waals surface area contributed by atoms with Crippen molar-refractivity contribution in [3.8, 4) is 5.75 Å². The van der Waals surface area contributed by atoms with E-state index < -0.39 is 48.8 Å². The molecule has 49 heavy (non-hydrogen) atoms. The topological polar surface area (TPSA) is 127 Å². The van der Waals surface area contributed by atoms with Crippen molar-refractivity contribution in [1.82, 2.24) is 25.4 Å². The predicted molar refractivity (Wildman–Crippen MR) is 181 cm³/mol. The number of benzene rings is 1. The molecule has 10 nitrogen and oxygen atoms in total. The summed E-state index contributed by atoms with van der Waals surface area (Å²) >= 11 is 3.55. The number of ether oxygens (including phenoxy) is 1. The Morgan fingerprint density at radius 2 is 2.00 bits per heavy atom. The van der Waals surface area contributed by atoms with Gasteiger partial charge in [0.25, 0.3) is 0 Å². The molecule has 2 aromatic rings. The van der Waals surface area contributed by atoms with Gasteiger partial charge >= 0.3 is 6.18 Å². The van der Waals surface area contributed by atoms with E-state index in [2.05, 4.69) is 32.8 Å². The van der Waals surface area contributed by atoms with Crippen molar-refractivity contribution in [1.29, 1.82) is 0 Å². The van der Waals surface area contributed by atoms with Crippen LogP contribution in [0.5, 0.6) is 5.75 Å². The number of carbonyl (C=O) groups excluding carboxylic acids is 2. The molecule has 4 N–H and O–H groups in total. The van der Waals surface area contributed by atoms with Crippen molar-refractivity contribution in [3.05, 3.63) is 82.4 Å². The number of aliphatic hydroxyl groups is 2. The van der Waals surface area contributed by atoms with Gasteiger partial charge in [-0.15, -0.1) is 23.5 Å². The Kier molecular flexibility index (Phi) is 11.6. The lowest BCUT2D eigenvalue weighted by Crippen LogP contribution is -2.61. The van der Waals surface area contributed by atoms with E-state index in [9.17, 15) is 33.0 Å². The number of nitrogens with zero attached hydrogens (tertiary/aromatic N) is 3. The summed E-state index contributed by atoms with van der Waals surface area (Å²) in [5.74, 6) is -0.952. The van der Waals surface area contributed by atoms with Gasteiger partial charge in [0, 0.05) is 62.5 Å². The third kappa shape index (κ3) is 9.38. The SMILES string of the molecule is O=C(N[C@H]1c2ccccc2OC[C@H]1O)[C@H](Cc1cccnc1)C[C@H](O)CN1CCN(CC2=CC3C=CSC3S2)C[C@H]1C(=O)NCC(F)(F)F. The molecule has 1 aromatic heterocycles. The van der Waals surface area contributed by atoms with E-state index in [4.69, 9.17) is 4.74 Å². The van der Waals surface area contributed by atoms with Crippen LogP contribution in [-0.4, -0.2) is 112 Å². The Morgan fingerprint density at radius 3 is 2.78 bits per heavy atom. The number of para-hydroxylation sites is 1. The van der Waals surface area contributed by atoms with Gasteiger partial charge in [0.1, 0.15) is 31.0 Å². The first kappa shape index (κ1) is 35.7. The van der Waals surface area contributed by atoms with Crippen molar-refractivity contribution in [2.24, 2.45) is 11.8 Å². The van der Waals surface area contributed by atoms with Crippen LogP contribution in [0, 0.1) is 11.8 Å². The molecule has 264 valence electrons. The van der Waals surface area contributed by atoms with Crippen LogP contribution >= 0.6 is 23.5 Å². The molecule has 1 saturated heterocycles. The number of piperazine rings is 1. The molecule has 0 bridgehead atoms. The third-order valence-corrected chi connectivity index (χ3v) is 11.8. The van der Waals surface area contributed by atoms with Gasteiger partial charge in [0.2, 0.25) is 11.8 Å². The number of thioether (sulfide) groups is 2. The molecule has 5 heterocycles. The van der Waals surface area contributed by atoms with Gasteiger partial charge in [-0.05, 0) is 40.9 Å². The van der Waals surface area contributed by atoms with E-state index in [1.165, 1.54) is 4.91 Å². The van der Waals surface area contributed by atoms with Crippen LogP contribution in [0.25, 0.3) is 0 Å². The summed E-state index contributed by atoms with van der Waals surface area (Å²) in [6.45, 7) is 0.265. The van der Waals surface area contributed by atoms with Crippen LogP contribution in [0.15, 0.2) is 71.3 Å². The second-order valence-electron chi connectivity index (χ2n) is 12.8. The fraction of sp³-hybridized carbons (Fsp3) is 0.500. The number of hydrogen-bond donors (Lipinski definition) is 4. The first-order valence-corrected chi connectivity index (χ1v) is 18.1. The standard InChI is InChI=1S/C34H40F3N5O5S2/c35-34(36,37)20-39-32(46)27-18-41(17-25-14-22-7-11-48-33(22)49-25)9-10-42(27)16-24(43)13-23(12-21-4-3-8-38-15-21)31(45)40-30-26-5-1-2-6-29(26)47-19-28(30)44/h1-8,11,14-15,22-24,27-28,30,33,43-44H,9-10,12-13,16-20H2,(H,39,46)(H,40,45)/t22?,23-,24+,27+,28-,30+,33?/m1/s1. The van der Waals surface area contributed by atoms with Crippen molar-refractivity contribution >= 4 is 35.3 Å². The number of amides is 2. The maximum atomic E-state index is 13.8. The molecule has 1 aromatic carbocycles. The number of rotatable bonds is 12. The number of fused-ring (bicyclic) bond motifs is 2. The Hall–Kier alpha value is -3.08. The molecule has 0 aliphatic carbocycles. The summed E-state index contributed by atoms with van der Waals surface area (Å²) in [5, 5.41) is 29.2. The van der Waals surface area contributed by atoms with Gasteiger partial charge in [-0.2, -0.15) is 13.2 Å². The molecule has 1 fully saturated rings. The maximum absolute atomic E-state index is 13.8. The zero-order chi connectivity index (χ0) is 34.5. The number of pyridine rings is 1. The van der Waals surface area contributed by atoms with Crippen LogP contribution in [0.4, 0.5) is 13.2 Å². The Morgan fingerprint density at radius 1 is 1.16 bits per heavy atom. The Labute approximate surface area is 291 Å². The lowest BCUT2D eigenvalue weighted by atomic mass is 9.91. The predicted octanol–water partition coefficient (Wildman–Crippen LogP) is 3.10. The van der Waals surface area contributed by atoms with Crippen molar-refractivity contribution < 1.29 is 37.7 Å². The van der Waals surface area contributed by atoms with Crippen LogP contribution in [-0.2, 0) is 16.0 Å². The van der Waals surface area contributed by atoms with E-state index in [0.717, 1.165) is 5.56 Å². The number of alkyl halides is 3. The third-order valence-electron chi connectivity index (χ3n) is 9.12. The first-order chi connectivity index (χ1) is 23.5. The molecule has 4 aliphatic heterocycles. The molecule has 2 unspecified atom stereocenters. The molecular formula is C34H40F3N5O5S2. The first-order valence-electron chi connectivity index (χ1n) is 16.3. The Bertz CT molecular complexity index is 1530. The highest BCUT2D eigenvalue weighted by Crippen LogP contribution is 2.48. The number of halogens is 3. The number of aliphatic hydroxyl groups excluding tert-OH is 2. The minimum absolute atomic E-state index is 0.00870. The van der Waals surface area contributed by atoms with Crippen molar-refractivity contribution in [3.63, 3.8) is 0 Å². The summed E-state index contributed by atoms with van der Waals surface area (Å²) in [6, 6.07) is 9.09. The van der Waals surface area contributed by atoms with E-state index in [1.54, 1.807) is 71.1 Å². The highest BCUT2D eigenvalue weighted by molar-refractivity contribution is 8.20. The second kappa shape index (κ2) is 15.9. The lowest BCUT2D eigenvalue weighted by molar-refractivity contribution is -0.143. The highest BCUT2D eigenvalue weighted by Gasteiger charge is 2.39. The fourth-order valence-corrected chi connectivity index (χ4v) is 9.38. The van der Waals surface area contributed by atoms with Crippen LogP contribution < -0.4 is 15.4 Å². The Balaban J connectivity index is 1.14. The van der Waals surface area contributed by atoms with E-state index in [-0.39, 0.29) is 38.4 Å². The number of carbonyl (C=O) groups is 2. The fourth-order valence-electron chi connectivity index (χ4n) is 6.69. The molecule has 7 atom stereocenters. The quantitative estimate of drug-likeness (QED) is 0.260. The average Bonchev–Trinajstić information content (AvgIpc) is 3.67. The van der Waals surface area contributed by atoms with Gasteiger partial charge in [-0.25, -0.2) is 0 Å². The lowest BCUT2D eigenvalue weighted by Gasteiger charge is -2.41. The van der Waals surface area contributed by atoms with Crippen LogP contribution in [0.3, 0.4) is 0 Å². The second-order valence-corrected chi connectivity index (χ2v) is 15.4. The molecule has 4 aliphatic rings. The van der Waals surface area contributed by atoms with Gasteiger partial charge < -0.3 is 25.6 Å². The molecule has 0 spiro atoms. The minimum atomic E-state index is -4.56. The zero-order valence-electron chi connectivity index (χ0n) is 26.7. The van der Waals surface area contributed by atoms with Crippen LogP contribution in [0.2, 0.25) is 0 Å². The largest absolute Gasteiger partial charge is 0.490 e. The van der Waals surface area contributed by atoms with E-state index >= 15 is 0 Å². The van der Waals surface area contributed by atoms with Gasteiger partial charge in [-0.1, -0.05) is 36.4 Å². The van der Waals surface area contributed by atoms with Crippen molar-refractivity contribution in [2.75, 3.05) is 45.9 Å². The number of aromatic nitrogens is 1. The van der Waals surface area contributed by atoms with Gasteiger partial charge in [-0.3, -0.25) is 24.4 Å². The molecular weight excluding hydrogens is 680 g/mol. The molecule has 15 heteroatoms. The number of nitrogens with one attached hydrogen (secondary N) is 2. The molecule has 6 rings (SSSR count). The normalized spacial score (nSPS) is 26.6. The summed E-state index contributed by atoms with van der Waals surface area (Å²) in [6.07, 6.45) is 1.28. The molecule has 0 saturated carbocycles. The highest BCUT2D eigenvalue weighted by atomic mass is 32.2. The average molecular weight is 720 g/mol. The molecule has 2 amide bonds. The van der Waals surface area contributed by atoms with E-state index in [1.807, 2.05) is 11.4 Å². The van der Waals surface area contributed by atoms with Gasteiger partial charge in [0.05, 0.1) is 16.7 Å². The number of allylic oxidation sites excluding steroid dienone is 2.